The molecular weight excluding hydrogens is 399 g/mol. The second-order valence-corrected chi connectivity index (χ2v) is 7.86. The van der Waals surface area contributed by atoms with Gasteiger partial charge in [0.05, 0.1) is 12.5 Å². The van der Waals surface area contributed by atoms with E-state index >= 15 is 0 Å². The first-order chi connectivity index (χ1) is 14.7. The van der Waals surface area contributed by atoms with Crippen LogP contribution in [-0.4, -0.2) is 28.1 Å². The van der Waals surface area contributed by atoms with Crippen molar-refractivity contribution in [3.63, 3.8) is 0 Å². The number of carbonyl (C=O) groups is 2. The van der Waals surface area contributed by atoms with E-state index in [0.29, 0.717) is 17.8 Å². The van der Waals surface area contributed by atoms with Crippen molar-refractivity contribution >= 4 is 22.7 Å². The second kappa shape index (κ2) is 9.71. The van der Waals surface area contributed by atoms with Gasteiger partial charge in [-0.25, -0.2) is 4.39 Å². The van der Waals surface area contributed by atoms with Crippen molar-refractivity contribution in [1.29, 1.82) is 0 Å². The molecule has 1 unspecified atom stereocenters. The van der Waals surface area contributed by atoms with E-state index in [4.69, 9.17) is 9.52 Å². The Hall–Kier alpha value is -3.25. The average molecular weight is 424 g/mol. The van der Waals surface area contributed by atoms with Crippen LogP contribution in [0.4, 0.5) is 4.39 Å². The number of carboxylic acid groups (broad SMARTS) is 1. The largest absolute Gasteiger partial charge is 0.481 e. The minimum absolute atomic E-state index is 0.236. The highest BCUT2D eigenvalue weighted by molar-refractivity contribution is 5.91. The first-order valence-electron chi connectivity index (χ1n) is 10.1. The fraction of sp³-hybridized carbons (Fsp3) is 0.280. The van der Waals surface area contributed by atoms with Crippen molar-refractivity contribution in [2.45, 2.75) is 45.1 Å². The van der Waals surface area contributed by atoms with Crippen LogP contribution in [0.5, 0.6) is 0 Å². The van der Waals surface area contributed by atoms with Crippen LogP contribution in [0.2, 0.25) is 0 Å². The number of allylic oxidation sites excluding steroid dienone is 2. The SMILES string of the molecule is CC(C)c1ccc(CC=CC(=O)CC(O)CC(=O)O)c2oc(-c3ccc(F)cc3)cc12. The first kappa shape index (κ1) is 22.4. The molecule has 162 valence electrons. The summed E-state index contributed by atoms with van der Waals surface area (Å²) in [6.07, 6.45) is 1.58. The van der Waals surface area contributed by atoms with Gasteiger partial charge in [-0.15, -0.1) is 0 Å². The number of hydrogen-bond acceptors (Lipinski definition) is 4. The van der Waals surface area contributed by atoms with Crippen molar-refractivity contribution < 1.29 is 28.6 Å². The predicted octanol–water partition coefficient (Wildman–Crippen LogP) is 5.26. The van der Waals surface area contributed by atoms with Crippen molar-refractivity contribution in [3.05, 3.63) is 71.6 Å². The second-order valence-electron chi connectivity index (χ2n) is 7.86. The third-order valence-corrected chi connectivity index (χ3v) is 5.04. The molecule has 3 aromatic rings. The summed E-state index contributed by atoms with van der Waals surface area (Å²) in [5.41, 5.74) is 3.51. The number of hydrogen-bond donors (Lipinski definition) is 2. The highest BCUT2D eigenvalue weighted by atomic mass is 19.1. The Morgan fingerprint density at radius 2 is 1.81 bits per heavy atom. The van der Waals surface area contributed by atoms with Gasteiger partial charge in [-0.05, 0) is 59.9 Å². The highest BCUT2D eigenvalue weighted by Crippen LogP contribution is 2.35. The molecule has 1 atom stereocenters. The lowest BCUT2D eigenvalue weighted by molar-refractivity contribution is -0.139. The molecule has 2 N–H and O–H groups in total. The van der Waals surface area contributed by atoms with Crippen molar-refractivity contribution in [2.24, 2.45) is 0 Å². The molecule has 0 aliphatic carbocycles. The summed E-state index contributed by atoms with van der Waals surface area (Å²) in [5, 5.41) is 19.2. The number of aliphatic hydroxyl groups excluding tert-OH is 1. The summed E-state index contributed by atoms with van der Waals surface area (Å²) < 4.78 is 19.4. The molecule has 0 aliphatic heterocycles. The maximum atomic E-state index is 13.3. The smallest absolute Gasteiger partial charge is 0.305 e. The zero-order chi connectivity index (χ0) is 22.5. The van der Waals surface area contributed by atoms with Crippen molar-refractivity contribution in [2.75, 3.05) is 0 Å². The van der Waals surface area contributed by atoms with Gasteiger partial charge in [-0.1, -0.05) is 32.1 Å². The molecular formula is C25H25FO5. The summed E-state index contributed by atoms with van der Waals surface area (Å²) in [4.78, 5) is 22.5. The monoisotopic (exact) mass is 424 g/mol. The molecule has 0 saturated heterocycles. The Balaban J connectivity index is 1.85. The van der Waals surface area contributed by atoms with Gasteiger partial charge in [-0.2, -0.15) is 0 Å². The molecule has 0 saturated carbocycles. The third kappa shape index (κ3) is 5.67. The first-order valence-corrected chi connectivity index (χ1v) is 10.1. The van der Waals surface area contributed by atoms with E-state index in [0.717, 1.165) is 22.1 Å². The molecule has 2 aromatic carbocycles. The molecule has 0 bridgehead atoms. The maximum absolute atomic E-state index is 13.3. The molecule has 5 nitrogen and oxygen atoms in total. The van der Waals surface area contributed by atoms with Gasteiger partial charge in [0.25, 0.3) is 0 Å². The number of rotatable bonds is 9. The Morgan fingerprint density at radius 1 is 1.10 bits per heavy atom. The topological polar surface area (TPSA) is 87.7 Å². The minimum atomic E-state index is -1.20. The van der Waals surface area contributed by atoms with Crippen molar-refractivity contribution in [3.8, 4) is 11.3 Å². The van der Waals surface area contributed by atoms with Crippen LogP contribution in [0.25, 0.3) is 22.3 Å². The Morgan fingerprint density at radius 3 is 2.45 bits per heavy atom. The Kier molecular flexibility index (Phi) is 7.02. The summed E-state index contributed by atoms with van der Waals surface area (Å²) in [7, 11) is 0. The number of halogens is 1. The molecule has 0 amide bonds. The van der Waals surface area contributed by atoms with Crippen LogP contribution in [-0.2, 0) is 16.0 Å². The molecule has 0 fully saturated rings. The summed E-state index contributed by atoms with van der Waals surface area (Å²) in [6.45, 7) is 4.19. The number of furan rings is 1. The average Bonchev–Trinajstić information content (AvgIpc) is 3.13. The molecule has 0 spiro atoms. The molecule has 6 heteroatoms. The minimum Gasteiger partial charge on any atom is -0.481 e. The molecule has 3 rings (SSSR count). The van der Waals surface area contributed by atoms with Gasteiger partial charge in [0.15, 0.2) is 5.78 Å². The van der Waals surface area contributed by atoms with E-state index in [2.05, 4.69) is 13.8 Å². The summed E-state index contributed by atoms with van der Waals surface area (Å²) >= 11 is 0. The van der Waals surface area contributed by atoms with Crippen molar-refractivity contribution in [1.82, 2.24) is 0 Å². The Bertz CT molecular complexity index is 1110. The van der Waals surface area contributed by atoms with Crippen LogP contribution < -0.4 is 0 Å². The van der Waals surface area contributed by atoms with Gasteiger partial charge in [0.1, 0.15) is 17.2 Å². The summed E-state index contributed by atoms with van der Waals surface area (Å²) in [6, 6.07) is 12.1. The zero-order valence-corrected chi connectivity index (χ0v) is 17.5. The number of benzene rings is 2. The van der Waals surface area contributed by atoms with E-state index in [9.17, 15) is 19.1 Å². The zero-order valence-electron chi connectivity index (χ0n) is 17.5. The lowest BCUT2D eigenvalue weighted by atomic mass is 9.96. The fourth-order valence-corrected chi connectivity index (χ4v) is 3.51. The third-order valence-electron chi connectivity index (χ3n) is 5.04. The number of ketones is 1. The number of aliphatic carboxylic acids is 1. The predicted molar refractivity (Wildman–Crippen MR) is 116 cm³/mol. The van der Waals surface area contributed by atoms with Crippen LogP contribution in [0.3, 0.4) is 0 Å². The number of carboxylic acids is 1. The van der Waals surface area contributed by atoms with Crippen LogP contribution in [0, 0.1) is 5.82 Å². The fourth-order valence-electron chi connectivity index (χ4n) is 3.51. The van der Waals surface area contributed by atoms with E-state index in [1.54, 1.807) is 18.2 Å². The summed E-state index contributed by atoms with van der Waals surface area (Å²) in [5.74, 6) is -0.877. The van der Waals surface area contributed by atoms with E-state index in [1.165, 1.54) is 18.2 Å². The number of aliphatic hydroxyl groups is 1. The Labute approximate surface area is 179 Å². The standard InChI is InChI=1S/C25H25FO5/c1-15(2)21-11-8-17(4-3-5-19(27)12-20(28)13-24(29)30)25-22(21)14-23(31-25)16-6-9-18(26)10-7-16/h3,5-11,14-15,20,28H,4,12-13H2,1-2H3,(H,29,30). The lowest BCUT2D eigenvalue weighted by Crippen LogP contribution is -2.16. The maximum Gasteiger partial charge on any atom is 0.305 e. The molecule has 0 aliphatic rings. The quantitative estimate of drug-likeness (QED) is 0.458. The van der Waals surface area contributed by atoms with E-state index in [1.807, 2.05) is 18.2 Å². The number of carbonyl (C=O) groups excluding carboxylic acids is 1. The van der Waals surface area contributed by atoms with Crippen LogP contribution >= 0.6 is 0 Å². The number of fused-ring (bicyclic) bond motifs is 1. The van der Waals surface area contributed by atoms with Gasteiger partial charge in [0.2, 0.25) is 0 Å². The van der Waals surface area contributed by atoms with Gasteiger partial charge >= 0.3 is 5.97 Å². The van der Waals surface area contributed by atoms with E-state index in [-0.39, 0.29) is 23.9 Å². The molecule has 31 heavy (non-hydrogen) atoms. The van der Waals surface area contributed by atoms with E-state index < -0.39 is 18.5 Å². The molecule has 1 heterocycles. The van der Waals surface area contributed by atoms with Crippen LogP contribution in [0.15, 0.2) is 59.0 Å². The van der Waals surface area contributed by atoms with Gasteiger partial charge in [0, 0.05) is 17.4 Å². The molecule has 0 radical (unpaired) electrons. The van der Waals surface area contributed by atoms with Gasteiger partial charge < -0.3 is 14.6 Å². The van der Waals surface area contributed by atoms with Gasteiger partial charge in [-0.3, -0.25) is 9.59 Å². The molecule has 1 aromatic heterocycles. The highest BCUT2D eigenvalue weighted by Gasteiger charge is 2.16. The normalized spacial score (nSPS) is 12.7. The lowest BCUT2D eigenvalue weighted by Gasteiger charge is -2.08. The van der Waals surface area contributed by atoms with Crippen LogP contribution in [0.1, 0.15) is 43.7 Å².